The van der Waals surface area contributed by atoms with Gasteiger partial charge in [-0.3, -0.25) is 0 Å². The smallest absolute Gasteiger partial charge is 0.224 e. The second-order valence-electron chi connectivity index (χ2n) is 0.417. The van der Waals surface area contributed by atoms with Crippen LogP contribution in [0.4, 0.5) is 0 Å². The lowest BCUT2D eigenvalue weighted by Gasteiger charge is -1.49. The van der Waals surface area contributed by atoms with E-state index in [0.717, 1.165) is 0 Å². The SMILES string of the molecule is [N-]=[N+]=N[SH](=O)=O. The molecule has 0 aliphatic carbocycles. The van der Waals surface area contributed by atoms with E-state index in [1.54, 1.807) is 0 Å². The highest BCUT2D eigenvalue weighted by molar-refractivity contribution is 7.70. The Morgan fingerprint density at radius 1 is 1.67 bits per heavy atom. The van der Waals surface area contributed by atoms with E-state index in [1.165, 1.54) is 0 Å². The fraction of sp³-hybridized carbons (Fsp3) is 0. The quantitative estimate of drug-likeness (QED) is 0.218. The number of nitrogens with zero attached hydrogens (tertiary/aromatic N) is 3. The van der Waals surface area contributed by atoms with E-state index >= 15 is 0 Å². The Morgan fingerprint density at radius 3 is 2.17 bits per heavy atom. The van der Waals surface area contributed by atoms with Crippen LogP contribution in [0.25, 0.3) is 10.4 Å². The van der Waals surface area contributed by atoms with Crippen molar-refractivity contribution < 1.29 is 8.42 Å². The van der Waals surface area contributed by atoms with E-state index in [2.05, 4.69) is 4.52 Å². The van der Waals surface area contributed by atoms with Crippen LogP contribution in [-0.4, -0.2) is 8.42 Å². The molecule has 0 amide bonds. The maximum atomic E-state index is 9.22. The molecule has 0 aromatic heterocycles. The maximum Gasteiger partial charge on any atom is 0.225 e. The zero-order valence-corrected chi connectivity index (χ0v) is 3.50. The van der Waals surface area contributed by atoms with Crippen LogP contribution in [0.3, 0.4) is 0 Å². The summed E-state index contributed by atoms with van der Waals surface area (Å²) in [4.78, 5) is 1.96. The molecular weight excluding hydrogens is 106 g/mol. The van der Waals surface area contributed by atoms with Gasteiger partial charge in [0.05, 0.1) is 0 Å². The summed E-state index contributed by atoms with van der Waals surface area (Å²) in [6.45, 7) is 0. The third kappa shape index (κ3) is 3.26. The van der Waals surface area contributed by atoms with Crippen LogP contribution in [0.5, 0.6) is 0 Å². The van der Waals surface area contributed by atoms with E-state index in [0.29, 0.717) is 0 Å². The molecule has 0 saturated heterocycles. The largest absolute Gasteiger partial charge is 0.225 e. The molecule has 0 rings (SSSR count). The normalized spacial score (nSPS) is 7.50. The molecule has 0 radical (unpaired) electrons. The lowest BCUT2D eigenvalue weighted by atomic mass is 13.0. The zero-order valence-electron chi connectivity index (χ0n) is 2.61. The van der Waals surface area contributed by atoms with Crippen molar-refractivity contribution in [1.29, 1.82) is 0 Å². The van der Waals surface area contributed by atoms with Gasteiger partial charge in [0, 0.05) is 9.43 Å². The second kappa shape index (κ2) is 2.49. The highest BCUT2D eigenvalue weighted by Gasteiger charge is 1.61. The first-order valence-electron chi connectivity index (χ1n) is 0.965. The summed E-state index contributed by atoms with van der Waals surface area (Å²) in [6, 6.07) is 0. The fourth-order valence-electron chi connectivity index (χ4n) is 0.0327. The van der Waals surface area contributed by atoms with E-state index in [1.807, 2.05) is 4.91 Å². The van der Waals surface area contributed by atoms with Gasteiger partial charge in [0.25, 0.3) is 0 Å². The number of azide groups is 1. The Bertz CT molecular complexity index is 131. The highest BCUT2D eigenvalue weighted by atomic mass is 32.2. The Hall–Kier alpha value is -0.740. The second-order valence-corrected chi connectivity index (χ2v) is 1.07. The molecular formula is HN3O2S. The Morgan fingerprint density at radius 2 is 2.17 bits per heavy atom. The molecule has 0 saturated carbocycles. The minimum atomic E-state index is -2.89. The van der Waals surface area contributed by atoms with Crippen molar-refractivity contribution in [2.24, 2.45) is 4.52 Å². The summed E-state index contributed by atoms with van der Waals surface area (Å²) in [5.74, 6) is 0. The molecule has 6 heavy (non-hydrogen) atoms. The van der Waals surface area contributed by atoms with E-state index < -0.39 is 10.9 Å². The Kier molecular flexibility index (Phi) is 2.19. The summed E-state index contributed by atoms with van der Waals surface area (Å²) in [6.07, 6.45) is 0. The molecule has 0 N–H and O–H groups in total. The average Bonchev–Trinajstić information content (AvgIpc) is 1.35. The van der Waals surface area contributed by atoms with Crippen molar-refractivity contribution in [3.63, 3.8) is 0 Å². The average molecular weight is 107 g/mol. The van der Waals surface area contributed by atoms with Crippen molar-refractivity contribution in [1.82, 2.24) is 0 Å². The van der Waals surface area contributed by atoms with Crippen LogP contribution in [0.15, 0.2) is 4.52 Å². The molecule has 0 aromatic rings. The van der Waals surface area contributed by atoms with Gasteiger partial charge in [0.15, 0.2) is 0 Å². The molecule has 0 bridgehead atoms. The molecule has 0 atom stereocenters. The summed E-state index contributed by atoms with van der Waals surface area (Å²) in [5, 5.41) is 0. The van der Waals surface area contributed by atoms with E-state index in [9.17, 15) is 8.42 Å². The van der Waals surface area contributed by atoms with Gasteiger partial charge in [0.2, 0.25) is 10.9 Å². The summed E-state index contributed by atoms with van der Waals surface area (Å²) in [5.41, 5.74) is 7.31. The number of hydrogen-bond acceptors (Lipinski definition) is 2. The highest BCUT2D eigenvalue weighted by Crippen LogP contribution is 1.62. The predicted octanol–water partition coefficient (Wildman–Crippen LogP) is -0.177. The van der Waals surface area contributed by atoms with Gasteiger partial charge in [-0.05, 0) is 5.53 Å². The van der Waals surface area contributed by atoms with Gasteiger partial charge in [-0.2, -0.15) is 0 Å². The summed E-state index contributed by atoms with van der Waals surface area (Å²) < 4.78 is 20.7. The van der Waals surface area contributed by atoms with Crippen molar-refractivity contribution >= 4 is 10.9 Å². The van der Waals surface area contributed by atoms with Crippen molar-refractivity contribution in [2.75, 3.05) is 0 Å². The first-order valence-corrected chi connectivity index (χ1v) is 2.10. The molecule has 0 aliphatic heterocycles. The van der Waals surface area contributed by atoms with Gasteiger partial charge in [-0.25, -0.2) is 8.42 Å². The van der Waals surface area contributed by atoms with Crippen molar-refractivity contribution in [3.05, 3.63) is 10.4 Å². The molecule has 0 aromatic carbocycles. The third-order valence-corrected chi connectivity index (χ3v) is 0.339. The first kappa shape index (κ1) is 5.26. The van der Waals surface area contributed by atoms with Crippen LogP contribution < -0.4 is 0 Å². The molecule has 0 heterocycles. The van der Waals surface area contributed by atoms with Crippen LogP contribution in [0.2, 0.25) is 0 Å². The Balaban J connectivity index is 3.98. The zero-order chi connectivity index (χ0) is 4.99. The number of thiol groups is 1. The number of hydrogen-bond donors (Lipinski definition) is 1. The topological polar surface area (TPSA) is 82.9 Å². The van der Waals surface area contributed by atoms with E-state index in [-0.39, 0.29) is 0 Å². The molecule has 0 spiro atoms. The van der Waals surface area contributed by atoms with Crippen molar-refractivity contribution in [3.8, 4) is 0 Å². The molecule has 6 heteroatoms. The van der Waals surface area contributed by atoms with Gasteiger partial charge < -0.3 is 0 Å². The minimum Gasteiger partial charge on any atom is -0.224 e. The molecule has 0 unspecified atom stereocenters. The van der Waals surface area contributed by atoms with Gasteiger partial charge in [-0.1, -0.05) is 0 Å². The summed E-state index contributed by atoms with van der Waals surface area (Å²) in [7, 11) is -2.89. The fourth-order valence-corrected chi connectivity index (χ4v) is 0.0980. The molecule has 5 nitrogen and oxygen atoms in total. The van der Waals surface area contributed by atoms with Crippen LogP contribution in [0, 0.1) is 0 Å². The first-order chi connectivity index (χ1) is 2.77. The molecule has 34 valence electrons. The molecule has 0 aliphatic rings. The molecule has 0 fully saturated rings. The van der Waals surface area contributed by atoms with Crippen LogP contribution >= 0.6 is 0 Å². The number of rotatable bonds is 1. The van der Waals surface area contributed by atoms with E-state index in [4.69, 9.17) is 5.53 Å². The monoisotopic (exact) mass is 107 g/mol. The van der Waals surface area contributed by atoms with Crippen molar-refractivity contribution in [2.45, 2.75) is 0 Å². The minimum absolute atomic E-state index is 1.96. The standard InChI is InChI=1S/HN3O2S/c1-2-3-6(4)5/h6H. The lowest BCUT2D eigenvalue weighted by Crippen LogP contribution is -1.54. The van der Waals surface area contributed by atoms with Gasteiger partial charge in [0.1, 0.15) is 0 Å². The predicted molar refractivity (Wildman–Crippen MR) is 19.5 cm³/mol. The maximum absolute atomic E-state index is 9.22. The summed E-state index contributed by atoms with van der Waals surface area (Å²) >= 11 is 0. The van der Waals surface area contributed by atoms with Crippen LogP contribution in [0.1, 0.15) is 0 Å². The third-order valence-electron chi connectivity index (χ3n) is 0.113. The van der Waals surface area contributed by atoms with Gasteiger partial charge >= 0.3 is 0 Å². The van der Waals surface area contributed by atoms with Crippen LogP contribution in [-0.2, 0) is 10.9 Å². The van der Waals surface area contributed by atoms with Gasteiger partial charge in [-0.15, -0.1) is 0 Å². The Labute approximate surface area is 35.3 Å². The lowest BCUT2D eigenvalue weighted by molar-refractivity contribution is 0.616.